The SMILES string of the molecule is CCOCc1cccc(Nc2ccc([N+](=O)[O-])cc2F)c1. The number of nitro benzene ring substituents is 1. The Hall–Kier alpha value is -2.47. The lowest BCUT2D eigenvalue weighted by Gasteiger charge is -2.09. The van der Waals surface area contributed by atoms with Crippen LogP contribution in [0.25, 0.3) is 0 Å². The molecule has 0 saturated heterocycles. The molecule has 0 bridgehead atoms. The van der Waals surface area contributed by atoms with Gasteiger partial charge in [-0.1, -0.05) is 12.1 Å². The Morgan fingerprint density at radius 2 is 2.10 bits per heavy atom. The summed E-state index contributed by atoms with van der Waals surface area (Å²) in [6, 6.07) is 10.9. The van der Waals surface area contributed by atoms with E-state index in [1.165, 1.54) is 12.1 Å². The smallest absolute Gasteiger partial charge is 0.272 e. The van der Waals surface area contributed by atoms with Gasteiger partial charge in [-0.2, -0.15) is 0 Å². The molecule has 6 heteroatoms. The lowest BCUT2D eigenvalue weighted by molar-refractivity contribution is -0.385. The van der Waals surface area contributed by atoms with E-state index < -0.39 is 10.7 Å². The summed E-state index contributed by atoms with van der Waals surface area (Å²) in [5.41, 5.74) is 1.57. The molecule has 1 N–H and O–H groups in total. The van der Waals surface area contributed by atoms with Crippen LogP contribution < -0.4 is 5.32 Å². The van der Waals surface area contributed by atoms with Crippen LogP contribution in [0.2, 0.25) is 0 Å². The minimum absolute atomic E-state index is 0.189. The molecule has 0 unspecified atom stereocenters. The van der Waals surface area contributed by atoms with Crippen LogP contribution in [0.5, 0.6) is 0 Å². The van der Waals surface area contributed by atoms with Crippen LogP contribution >= 0.6 is 0 Å². The zero-order valence-corrected chi connectivity index (χ0v) is 11.5. The first-order chi connectivity index (χ1) is 10.1. The van der Waals surface area contributed by atoms with E-state index >= 15 is 0 Å². The molecule has 0 aliphatic heterocycles. The number of ether oxygens (including phenoxy) is 1. The maximum atomic E-state index is 13.8. The summed E-state index contributed by atoms with van der Waals surface area (Å²) in [6.07, 6.45) is 0. The molecule has 0 fully saturated rings. The lowest BCUT2D eigenvalue weighted by Crippen LogP contribution is -1.97. The predicted octanol–water partition coefficient (Wildman–Crippen LogP) is 4.01. The van der Waals surface area contributed by atoms with E-state index in [0.29, 0.717) is 18.9 Å². The molecule has 0 aliphatic carbocycles. The van der Waals surface area contributed by atoms with Crippen molar-refractivity contribution in [2.24, 2.45) is 0 Å². The number of nitro groups is 1. The lowest BCUT2D eigenvalue weighted by atomic mass is 10.2. The Balaban J connectivity index is 2.16. The van der Waals surface area contributed by atoms with Gasteiger partial charge in [0.05, 0.1) is 23.3 Å². The van der Waals surface area contributed by atoms with E-state index in [2.05, 4.69) is 5.32 Å². The first-order valence-corrected chi connectivity index (χ1v) is 6.48. The van der Waals surface area contributed by atoms with Gasteiger partial charge < -0.3 is 10.1 Å². The van der Waals surface area contributed by atoms with Crippen molar-refractivity contribution in [1.82, 2.24) is 0 Å². The Morgan fingerprint density at radius 3 is 2.76 bits per heavy atom. The highest BCUT2D eigenvalue weighted by molar-refractivity contribution is 5.62. The van der Waals surface area contributed by atoms with Gasteiger partial charge in [0.25, 0.3) is 5.69 Å². The van der Waals surface area contributed by atoms with Crippen molar-refractivity contribution >= 4 is 17.1 Å². The third-order valence-corrected chi connectivity index (χ3v) is 2.84. The number of hydrogen-bond donors (Lipinski definition) is 1. The largest absolute Gasteiger partial charge is 0.377 e. The van der Waals surface area contributed by atoms with Gasteiger partial charge >= 0.3 is 0 Å². The van der Waals surface area contributed by atoms with Crippen molar-refractivity contribution in [1.29, 1.82) is 0 Å². The van der Waals surface area contributed by atoms with Gasteiger partial charge in [0.15, 0.2) is 5.82 Å². The number of hydrogen-bond acceptors (Lipinski definition) is 4. The van der Waals surface area contributed by atoms with Gasteiger partial charge in [0.2, 0.25) is 0 Å². The fourth-order valence-corrected chi connectivity index (χ4v) is 1.83. The van der Waals surface area contributed by atoms with Crippen molar-refractivity contribution < 1.29 is 14.1 Å². The maximum Gasteiger partial charge on any atom is 0.272 e. The summed E-state index contributed by atoms with van der Waals surface area (Å²) in [4.78, 5) is 9.94. The Kier molecular flexibility index (Phi) is 4.84. The Labute approximate surface area is 121 Å². The van der Waals surface area contributed by atoms with E-state index in [9.17, 15) is 14.5 Å². The predicted molar refractivity (Wildman–Crippen MR) is 78.1 cm³/mol. The second-order valence-corrected chi connectivity index (χ2v) is 4.38. The molecule has 5 nitrogen and oxygen atoms in total. The highest BCUT2D eigenvalue weighted by atomic mass is 19.1. The van der Waals surface area contributed by atoms with E-state index in [1.807, 2.05) is 25.1 Å². The van der Waals surface area contributed by atoms with Crippen LogP contribution in [0.15, 0.2) is 42.5 Å². The molecule has 0 amide bonds. The van der Waals surface area contributed by atoms with Crippen molar-refractivity contribution in [3.05, 3.63) is 64.0 Å². The first kappa shape index (κ1) is 14.9. The monoisotopic (exact) mass is 290 g/mol. The van der Waals surface area contributed by atoms with Gasteiger partial charge in [-0.15, -0.1) is 0 Å². The normalized spacial score (nSPS) is 10.4. The van der Waals surface area contributed by atoms with Gasteiger partial charge in [0.1, 0.15) is 0 Å². The van der Waals surface area contributed by atoms with Crippen LogP contribution in [0.1, 0.15) is 12.5 Å². The Bertz CT molecular complexity index is 647. The van der Waals surface area contributed by atoms with Crippen LogP contribution in [0, 0.1) is 15.9 Å². The van der Waals surface area contributed by atoms with Crippen LogP contribution in [0.3, 0.4) is 0 Å². The zero-order chi connectivity index (χ0) is 15.2. The van der Waals surface area contributed by atoms with Crippen LogP contribution in [-0.2, 0) is 11.3 Å². The Morgan fingerprint density at radius 1 is 1.29 bits per heavy atom. The van der Waals surface area contributed by atoms with Gasteiger partial charge in [0, 0.05) is 18.4 Å². The minimum atomic E-state index is -0.667. The number of halogens is 1. The average Bonchev–Trinajstić information content (AvgIpc) is 2.47. The van der Waals surface area contributed by atoms with Gasteiger partial charge in [-0.25, -0.2) is 4.39 Å². The van der Waals surface area contributed by atoms with Gasteiger partial charge in [-0.3, -0.25) is 10.1 Å². The topological polar surface area (TPSA) is 64.4 Å². The van der Waals surface area contributed by atoms with Crippen molar-refractivity contribution in [2.75, 3.05) is 11.9 Å². The van der Waals surface area contributed by atoms with E-state index in [1.54, 1.807) is 6.07 Å². The third kappa shape index (κ3) is 4.00. The number of anilines is 2. The molecule has 0 aliphatic rings. The summed E-state index contributed by atoms with van der Waals surface area (Å²) >= 11 is 0. The molecular formula is C15H15FN2O3. The van der Waals surface area contributed by atoms with E-state index in [0.717, 1.165) is 11.6 Å². The number of rotatable bonds is 6. The molecule has 0 radical (unpaired) electrons. The molecule has 2 aromatic carbocycles. The summed E-state index contributed by atoms with van der Waals surface area (Å²) in [5.74, 6) is -0.667. The van der Waals surface area contributed by atoms with E-state index in [4.69, 9.17) is 4.74 Å². The van der Waals surface area contributed by atoms with Crippen LogP contribution in [0.4, 0.5) is 21.5 Å². The molecule has 0 aromatic heterocycles. The first-order valence-electron chi connectivity index (χ1n) is 6.48. The number of non-ortho nitro benzene ring substituents is 1. The van der Waals surface area contributed by atoms with Crippen LogP contribution in [-0.4, -0.2) is 11.5 Å². The maximum absolute atomic E-state index is 13.8. The molecule has 110 valence electrons. The molecular weight excluding hydrogens is 275 g/mol. The summed E-state index contributed by atoms with van der Waals surface area (Å²) in [7, 11) is 0. The molecule has 0 atom stereocenters. The standard InChI is InChI=1S/C15H15FN2O3/c1-2-21-10-11-4-3-5-12(8-11)17-15-7-6-13(18(19)20)9-14(15)16/h3-9,17H,2,10H2,1H3. The summed E-state index contributed by atoms with van der Waals surface area (Å²) in [6.45, 7) is 3.01. The second-order valence-electron chi connectivity index (χ2n) is 4.38. The molecule has 0 spiro atoms. The molecule has 21 heavy (non-hydrogen) atoms. The molecule has 2 aromatic rings. The number of benzene rings is 2. The zero-order valence-electron chi connectivity index (χ0n) is 11.5. The fraction of sp³-hybridized carbons (Fsp3) is 0.200. The fourth-order valence-electron chi connectivity index (χ4n) is 1.83. The third-order valence-electron chi connectivity index (χ3n) is 2.84. The molecule has 2 rings (SSSR count). The highest BCUT2D eigenvalue weighted by Crippen LogP contribution is 2.24. The van der Waals surface area contributed by atoms with Gasteiger partial charge in [-0.05, 0) is 30.7 Å². The van der Waals surface area contributed by atoms with Crippen molar-refractivity contribution in [3.8, 4) is 0 Å². The summed E-state index contributed by atoms with van der Waals surface area (Å²) < 4.78 is 19.1. The number of nitrogens with one attached hydrogen (secondary N) is 1. The molecule has 0 saturated carbocycles. The average molecular weight is 290 g/mol. The highest BCUT2D eigenvalue weighted by Gasteiger charge is 2.10. The van der Waals surface area contributed by atoms with Crippen molar-refractivity contribution in [3.63, 3.8) is 0 Å². The van der Waals surface area contributed by atoms with Crippen molar-refractivity contribution in [2.45, 2.75) is 13.5 Å². The summed E-state index contributed by atoms with van der Waals surface area (Å²) in [5, 5.41) is 13.5. The molecule has 0 heterocycles. The quantitative estimate of drug-likeness (QED) is 0.644. The minimum Gasteiger partial charge on any atom is -0.377 e. The second kappa shape index (κ2) is 6.81. The van der Waals surface area contributed by atoms with E-state index in [-0.39, 0.29) is 11.4 Å². The number of nitrogens with zero attached hydrogens (tertiary/aromatic N) is 1.